The van der Waals surface area contributed by atoms with Gasteiger partial charge in [0.15, 0.2) is 0 Å². The molecule has 0 aliphatic rings. The summed E-state index contributed by atoms with van der Waals surface area (Å²) in [5.74, 6) is 0. The molecule has 1 aromatic carbocycles. The van der Waals surface area contributed by atoms with E-state index in [1.54, 1.807) is 0 Å². The Labute approximate surface area is 105 Å². The van der Waals surface area contributed by atoms with Crippen LogP contribution in [0.25, 0.3) is 0 Å². The molecule has 3 heteroatoms. The lowest BCUT2D eigenvalue weighted by atomic mass is 10.2. The maximum Gasteiger partial charge on any atom is 0.0314 e. The first-order valence-electron chi connectivity index (χ1n) is 6.33. The van der Waals surface area contributed by atoms with Gasteiger partial charge in [0, 0.05) is 12.2 Å². The first kappa shape index (κ1) is 14.0. The lowest BCUT2D eigenvalue weighted by Crippen LogP contribution is -2.26. The van der Waals surface area contributed by atoms with Crippen molar-refractivity contribution >= 4 is 5.69 Å². The van der Waals surface area contributed by atoms with E-state index >= 15 is 0 Å². The molecule has 0 heterocycles. The molecule has 0 aromatic heterocycles. The van der Waals surface area contributed by atoms with E-state index in [1.165, 1.54) is 12.0 Å². The van der Waals surface area contributed by atoms with Crippen molar-refractivity contribution in [2.24, 2.45) is 0 Å². The number of hydrogen-bond acceptors (Lipinski definition) is 3. The van der Waals surface area contributed by atoms with E-state index in [0.29, 0.717) is 0 Å². The molecule has 17 heavy (non-hydrogen) atoms. The van der Waals surface area contributed by atoms with Crippen molar-refractivity contribution in [2.45, 2.75) is 19.9 Å². The number of benzene rings is 1. The third-order valence-corrected chi connectivity index (χ3v) is 2.91. The average Bonchev–Trinajstić information content (AvgIpc) is 2.30. The second kappa shape index (κ2) is 7.30. The number of anilines is 1. The maximum absolute atomic E-state index is 5.68. The topological polar surface area (TPSA) is 32.5 Å². The van der Waals surface area contributed by atoms with Crippen molar-refractivity contribution in [3.05, 3.63) is 29.8 Å². The van der Waals surface area contributed by atoms with Crippen molar-refractivity contribution in [1.29, 1.82) is 0 Å². The minimum atomic E-state index is 0.837. The lowest BCUT2D eigenvalue weighted by Gasteiger charge is -2.21. The quantitative estimate of drug-likeness (QED) is 0.734. The van der Waals surface area contributed by atoms with Gasteiger partial charge in [-0.25, -0.2) is 0 Å². The summed E-state index contributed by atoms with van der Waals surface area (Å²) in [4.78, 5) is 4.70. The Balaban J connectivity index is 2.38. The van der Waals surface area contributed by atoms with Crippen molar-refractivity contribution in [3.8, 4) is 0 Å². The highest BCUT2D eigenvalue weighted by molar-refractivity contribution is 5.39. The zero-order valence-electron chi connectivity index (χ0n) is 11.3. The zero-order chi connectivity index (χ0) is 12.7. The summed E-state index contributed by atoms with van der Waals surface area (Å²) >= 11 is 0. The summed E-state index contributed by atoms with van der Waals surface area (Å²) < 4.78 is 0. The second-order valence-electron chi connectivity index (χ2n) is 4.77. The van der Waals surface area contributed by atoms with Gasteiger partial charge in [-0.15, -0.1) is 0 Å². The normalized spacial score (nSPS) is 11.4. The van der Waals surface area contributed by atoms with Crippen molar-refractivity contribution in [2.75, 3.05) is 39.5 Å². The summed E-state index contributed by atoms with van der Waals surface area (Å²) in [6.45, 7) is 6.63. The van der Waals surface area contributed by atoms with Gasteiger partial charge in [-0.1, -0.05) is 19.1 Å². The van der Waals surface area contributed by atoms with E-state index in [-0.39, 0.29) is 0 Å². The molecule has 0 bridgehead atoms. The van der Waals surface area contributed by atoms with Crippen LogP contribution in [0.2, 0.25) is 0 Å². The monoisotopic (exact) mass is 235 g/mol. The Morgan fingerprint density at radius 2 is 1.71 bits per heavy atom. The van der Waals surface area contributed by atoms with Gasteiger partial charge in [0.05, 0.1) is 0 Å². The van der Waals surface area contributed by atoms with Gasteiger partial charge in [-0.3, -0.25) is 4.90 Å². The van der Waals surface area contributed by atoms with Crippen LogP contribution in [-0.4, -0.2) is 43.5 Å². The van der Waals surface area contributed by atoms with Crippen LogP contribution in [0.3, 0.4) is 0 Å². The van der Waals surface area contributed by atoms with E-state index in [1.807, 2.05) is 12.1 Å². The Morgan fingerprint density at radius 3 is 2.24 bits per heavy atom. The number of nitrogen functional groups attached to an aromatic ring is 1. The summed E-state index contributed by atoms with van der Waals surface area (Å²) in [7, 11) is 4.24. The van der Waals surface area contributed by atoms with E-state index in [4.69, 9.17) is 5.73 Å². The fourth-order valence-corrected chi connectivity index (χ4v) is 1.84. The predicted octanol–water partition coefficient (Wildman–Crippen LogP) is 2.04. The minimum Gasteiger partial charge on any atom is -0.399 e. The van der Waals surface area contributed by atoms with Crippen LogP contribution in [0.15, 0.2) is 24.3 Å². The molecule has 0 radical (unpaired) electrons. The van der Waals surface area contributed by atoms with Crippen LogP contribution < -0.4 is 5.73 Å². The highest BCUT2D eigenvalue weighted by atomic mass is 15.1. The molecule has 1 aromatic rings. The maximum atomic E-state index is 5.68. The summed E-state index contributed by atoms with van der Waals surface area (Å²) in [5, 5.41) is 0. The van der Waals surface area contributed by atoms with Crippen LogP contribution in [0.1, 0.15) is 18.9 Å². The van der Waals surface area contributed by atoms with Crippen LogP contribution in [-0.2, 0) is 6.54 Å². The van der Waals surface area contributed by atoms with Crippen molar-refractivity contribution < 1.29 is 0 Å². The molecule has 0 spiro atoms. The van der Waals surface area contributed by atoms with Gasteiger partial charge in [-0.2, -0.15) is 0 Å². The second-order valence-corrected chi connectivity index (χ2v) is 4.77. The van der Waals surface area contributed by atoms with E-state index in [9.17, 15) is 0 Å². The molecule has 0 aliphatic heterocycles. The van der Waals surface area contributed by atoms with Gasteiger partial charge in [0.2, 0.25) is 0 Å². The van der Waals surface area contributed by atoms with Gasteiger partial charge in [0.25, 0.3) is 0 Å². The molecular weight excluding hydrogens is 210 g/mol. The highest BCUT2D eigenvalue weighted by Crippen LogP contribution is 2.08. The molecule has 3 nitrogen and oxygen atoms in total. The van der Waals surface area contributed by atoms with Crippen molar-refractivity contribution in [1.82, 2.24) is 9.80 Å². The van der Waals surface area contributed by atoms with E-state index < -0.39 is 0 Å². The molecular formula is C14H25N3. The van der Waals surface area contributed by atoms with Gasteiger partial charge >= 0.3 is 0 Å². The Bertz CT molecular complexity index is 306. The SMILES string of the molecule is CCN(CCCN(C)C)Cc1ccc(N)cc1. The third-order valence-electron chi connectivity index (χ3n) is 2.91. The third kappa shape index (κ3) is 5.71. The first-order valence-corrected chi connectivity index (χ1v) is 6.33. The molecule has 0 unspecified atom stereocenters. The number of rotatable bonds is 7. The fourth-order valence-electron chi connectivity index (χ4n) is 1.84. The average molecular weight is 235 g/mol. The molecule has 0 atom stereocenters. The van der Waals surface area contributed by atoms with Gasteiger partial charge in [0.1, 0.15) is 0 Å². The minimum absolute atomic E-state index is 0.837. The predicted molar refractivity (Wildman–Crippen MR) is 75.0 cm³/mol. The number of hydrogen-bond donors (Lipinski definition) is 1. The van der Waals surface area contributed by atoms with Crippen LogP contribution in [0.5, 0.6) is 0 Å². The molecule has 0 saturated carbocycles. The van der Waals surface area contributed by atoms with Gasteiger partial charge < -0.3 is 10.6 Å². The summed E-state index contributed by atoms with van der Waals surface area (Å²) in [5.41, 5.74) is 7.86. The molecule has 2 N–H and O–H groups in total. The highest BCUT2D eigenvalue weighted by Gasteiger charge is 2.03. The fraction of sp³-hybridized carbons (Fsp3) is 0.571. The molecule has 0 saturated heterocycles. The summed E-state index contributed by atoms with van der Waals surface area (Å²) in [6, 6.07) is 8.18. The Morgan fingerprint density at radius 1 is 1.06 bits per heavy atom. The first-order chi connectivity index (χ1) is 8.11. The molecule has 1 rings (SSSR count). The molecule has 0 fully saturated rings. The number of nitrogens with two attached hydrogens (primary N) is 1. The lowest BCUT2D eigenvalue weighted by molar-refractivity contribution is 0.259. The van der Waals surface area contributed by atoms with Gasteiger partial charge in [-0.05, 0) is 57.8 Å². The van der Waals surface area contributed by atoms with Crippen molar-refractivity contribution in [3.63, 3.8) is 0 Å². The zero-order valence-corrected chi connectivity index (χ0v) is 11.3. The molecule has 0 amide bonds. The van der Waals surface area contributed by atoms with E-state index in [0.717, 1.165) is 31.9 Å². The van der Waals surface area contributed by atoms with Crippen LogP contribution in [0.4, 0.5) is 5.69 Å². The summed E-state index contributed by atoms with van der Waals surface area (Å²) in [6.07, 6.45) is 1.22. The van der Waals surface area contributed by atoms with Crippen LogP contribution >= 0.6 is 0 Å². The largest absolute Gasteiger partial charge is 0.399 e. The molecule has 96 valence electrons. The van der Waals surface area contributed by atoms with E-state index in [2.05, 4.69) is 43.0 Å². The standard InChI is InChI=1S/C14H25N3/c1-4-17(11-5-10-16(2)3)12-13-6-8-14(15)9-7-13/h6-9H,4-5,10-12,15H2,1-3H3. The Hall–Kier alpha value is -1.06. The Kier molecular flexibility index (Phi) is 6.01. The smallest absolute Gasteiger partial charge is 0.0314 e. The molecule has 0 aliphatic carbocycles. The van der Waals surface area contributed by atoms with Crippen LogP contribution in [0, 0.1) is 0 Å². The number of nitrogens with zero attached hydrogens (tertiary/aromatic N) is 2.